The number of phenolic OH excluding ortho intramolecular Hbond substituents is 4. The number of aromatic hydroxyl groups is 4. The summed E-state index contributed by atoms with van der Waals surface area (Å²) < 4.78 is 115. The molecular formula is C84H82Br4F2N6O24S2. The average molecular weight is 1980 g/mol. The highest BCUT2D eigenvalue weighted by molar-refractivity contribution is 9.09. The number of amides is 3. The largest absolute Gasteiger partial charge is 0.508 e. The first-order valence-electron chi connectivity index (χ1n) is 36.3. The molecule has 38 heteroatoms. The molecule has 6 heterocycles. The highest BCUT2D eigenvalue weighted by Gasteiger charge is 2.38. The van der Waals surface area contributed by atoms with Crippen molar-refractivity contribution < 1.29 is 121 Å². The number of carbonyl (C=O) groups excluding carboxylic acids is 5. The fourth-order valence-corrected chi connectivity index (χ4v) is 15.0. The van der Waals surface area contributed by atoms with Gasteiger partial charge in [-0.25, -0.2) is 9.59 Å². The Kier molecular flexibility index (Phi) is 33.3. The van der Waals surface area contributed by atoms with Gasteiger partial charge in [-0.2, -0.15) is 16.8 Å². The van der Waals surface area contributed by atoms with E-state index in [9.17, 15) is 63.9 Å². The summed E-state index contributed by atoms with van der Waals surface area (Å²) in [5, 5.41) is 57.3. The molecule has 3 amide bonds. The van der Waals surface area contributed by atoms with Crippen LogP contribution in [0.1, 0.15) is 116 Å². The number of halogens is 6. The van der Waals surface area contributed by atoms with Crippen molar-refractivity contribution in [1.82, 2.24) is 14.7 Å². The fraction of sp³-hybridized carbons (Fsp3) is 0.262. The Morgan fingerprint density at radius 1 is 0.418 bits per heavy atom. The summed E-state index contributed by atoms with van der Waals surface area (Å²) in [6.45, 7) is 12.8. The number of aliphatic hydroxyl groups is 2. The summed E-state index contributed by atoms with van der Waals surface area (Å²) >= 11 is 13.1. The zero-order chi connectivity index (χ0) is 89.0. The number of aliphatic imine (C=N–C) groups is 3. The van der Waals surface area contributed by atoms with E-state index in [0.717, 1.165) is 56.1 Å². The van der Waals surface area contributed by atoms with Crippen LogP contribution in [-0.4, -0.2) is 184 Å². The average Bonchev–Trinajstić information content (AvgIpc) is 1.64. The van der Waals surface area contributed by atoms with Crippen molar-refractivity contribution >= 4 is 150 Å². The van der Waals surface area contributed by atoms with Gasteiger partial charge < -0.3 is 86.9 Å². The lowest BCUT2D eigenvalue weighted by Crippen LogP contribution is -2.35. The number of alkyl halides is 4. The molecule has 0 spiro atoms. The lowest BCUT2D eigenvalue weighted by Gasteiger charge is -2.20. The summed E-state index contributed by atoms with van der Waals surface area (Å²) in [5.74, 6) is -0.542. The molecule has 3 atom stereocenters. The molecule has 3 saturated heterocycles. The second-order valence-corrected chi connectivity index (χ2v) is 31.5. The quantitative estimate of drug-likeness (QED) is 0.0168. The minimum atomic E-state index is -5.36. The zero-order valence-corrected chi connectivity index (χ0v) is 73.9. The molecule has 3 fully saturated rings. The van der Waals surface area contributed by atoms with Crippen LogP contribution in [0.15, 0.2) is 179 Å². The summed E-state index contributed by atoms with van der Waals surface area (Å²) in [5.41, 5.74) is 11.4. The van der Waals surface area contributed by atoms with Crippen molar-refractivity contribution in [3.63, 3.8) is 0 Å². The number of methoxy groups -OCH3 is 5. The molecular weight excluding hydrogens is 1900 g/mol. The maximum atomic E-state index is 13.7. The van der Waals surface area contributed by atoms with Gasteiger partial charge in [0.05, 0.1) is 112 Å². The number of fused-ring (bicyclic) bond motifs is 6. The molecule has 6 aliphatic heterocycles. The molecule has 6 N–H and O–H groups in total. The molecule has 8 aromatic rings. The third-order valence-electron chi connectivity index (χ3n) is 18.4. The van der Waals surface area contributed by atoms with Crippen molar-refractivity contribution in [3.05, 3.63) is 236 Å². The van der Waals surface area contributed by atoms with Crippen LogP contribution < -0.4 is 32.1 Å². The lowest BCUT2D eigenvalue weighted by atomic mass is 10.1. The number of rotatable bonds is 21. The van der Waals surface area contributed by atoms with E-state index >= 15 is 0 Å². The molecule has 0 radical (unpaired) electrons. The van der Waals surface area contributed by atoms with Gasteiger partial charge in [0.2, 0.25) is 0 Å². The second kappa shape index (κ2) is 43.0. The summed E-state index contributed by atoms with van der Waals surface area (Å²) in [7, 11) is -3.57. The summed E-state index contributed by atoms with van der Waals surface area (Å²) in [6.07, 6.45) is 7.18. The third kappa shape index (κ3) is 25.7. The SMILES string of the molecule is C=C1C[C@H]2C=Nc3cc(O)c(OC)cc3C(=O)N2C1.C=C1C[C@H]2C=Nc3cc(OCc4cc(COc5cc6c(cc5OC)C(=O)N5CC(=C)C[C@H]5C=N6)cc(OS(=O)(=O)F)c4)c(OC)cc3C(=O)N2C1.COC(=O)c1cc(O)cc(C(=O)OC)c1.O=S(=O)(F)Oc1cc(CBr)cc(CBr)c1.OCc1cc(O)cc(CO)c1.Oc1cc(CBr)cc(CBr)c1. The number of benzene rings is 8. The molecule has 30 nitrogen and oxygen atoms in total. The number of nitrogens with zero attached hydrogens (tertiary/aromatic N) is 6. The maximum absolute atomic E-state index is 13.7. The number of carbonyl (C=O) groups is 5. The molecule has 0 bridgehead atoms. The van der Waals surface area contributed by atoms with E-state index in [1.807, 2.05) is 12.1 Å². The van der Waals surface area contributed by atoms with Gasteiger partial charge in [0.25, 0.3) is 17.7 Å². The Labute approximate surface area is 735 Å². The van der Waals surface area contributed by atoms with E-state index in [4.69, 9.17) is 39.0 Å². The minimum Gasteiger partial charge on any atom is -0.508 e. The fourth-order valence-electron chi connectivity index (χ4n) is 13.0. The number of hydrogen-bond acceptors (Lipinski definition) is 27. The number of phenols is 4. The van der Waals surface area contributed by atoms with Crippen LogP contribution in [0.3, 0.4) is 0 Å². The smallest absolute Gasteiger partial charge is 0.488 e. The van der Waals surface area contributed by atoms with Crippen LogP contribution >= 0.6 is 63.7 Å². The Balaban J connectivity index is 0.000000193. The maximum Gasteiger partial charge on any atom is 0.488 e. The highest BCUT2D eigenvalue weighted by atomic mass is 79.9. The Hall–Kier alpha value is -11.3. The van der Waals surface area contributed by atoms with Gasteiger partial charge in [-0.1, -0.05) is 126 Å². The molecule has 8 aromatic carbocycles. The first-order chi connectivity index (χ1) is 58.0. The van der Waals surface area contributed by atoms with Gasteiger partial charge in [-0.15, -0.1) is 0 Å². The van der Waals surface area contributed by atoms with Crippen LogP contribution in [0.4, 0.5) is 24.8 Å². The molecule has 122 heavy (non-hydrogen) atoms. The van der Waals surface area contributed by atoms with Crippen LogP contribution in [-0.2, 0) is 78.2 Å². The van der Waals surface area contributed by atoms with Crippen LogP contribution in [0, 0.1) is 0 Å². The molecule has 0 saturated carbocycles. The van der Waals surface area contributed by atoms with E-state index in [1.165, 1.54) is 102 Å². The van der Waals surface area contributed by atoms with Crippen molar-refractivity contribution in [2.24, 2.45) is 15.0 Å². The zero-order valence-electron chi connectivity index (χ0n) is 65.9. The lowest BCUT2D eigenvalue weighted by molar-refractivity contribution is 0.0596. The van der Waals surface area contributed by atoms with E-state index in [1.54, 1.807) is 81.9 Å². The van der Waals surface area contributed by atoms with E-state index in [0.29, 0.717) is 105 Å². The van der Waals surface area contributed by atoms with Gasteiger partial charge in [-0.05, 0) is 155 Å². The monoisotopic (exact) mass is 1980 g/mol. The summed E-state index contributed by atoms with van der Waals surface area (Å²) in [4.78, 5) is 80.0. The van der Waals surface area contributed by atoms with Gasteiger partial charge >= 0.3 is 32.9 Å². The standard InChI is InChI=1S/C36H33FN4O9S.C14H14N2O3.C10H10O5.C8H7Br2FO3S.C8H8Br2O.C8H10O3/c1-20-5-24-14-38-29-12-33(31(46-3)10-27(29)35(42)40(24)16-20)48-18-22-7-23(9-26(8-22)50-51(37,44)45)19-49-34-13-30-28(11-32(34)47-4)36(43)41-17-21(2)6-25(41)15-39-30;1-8-3-9-6-15-11-5-12(17)13(19-2)4-10(11)14(18)16(9)7-8;1-14-9(12)6-3-7(10(13)15-2)5-8(11)4-6;9-4-6-1-7(5-10)3-8(2-6)14-15(11,12)13;2*9-4-6-1-7(5-10)3-8(11)2-6/h7-15,24-25H,1-2,5-6,16-19H2,3-4H3;4-6,9,17H,1,3,7H2,2H3;3-5,11H,1-2H3;1-3H,4-5H2;1-3,11H,4-5H2;1-3,9-11H,4-5H2/t24-,25-;9-;;;;/m00..../s1. The van der Waals surface area contributed by atoms with Gasteiger partial charge in [0.1, 0.15) is 42.0 Å². The topological polar surface area (TPSA) is 405 Å². The number of hydrogen-bond donors (Lipinski definition) is 6. The Morgan fingerprint density at radius 3 is 1.05 bits per heavy atom. The van der Waals surface area contributed by atoms with Crippen LogP contribution in [0.2, 0.25) is 0 Å². The highest BCUT2D eigenvalue weighted by Crippen LogP contribution is 2.43. The number of ether oxygens (including phenoxy) is 7. The van der Waals surface area contributed by atoms with Crippen molar-refractivity contribution in [2.45, 2.75) is 85.1 Å². The molecule has 6 aliphatic rings. The van der Waals surface area contributed by atoms with Gasteiger partial charge in [0.15, 0.2) is 34.5 Å². The first-order valence-corrected chi connectivity index (χ1v) is 43.4. The van der Waals surface area contributed by atoms with Gasteiger partial charge in [0, 0.05) is 77.8 Å². The minimum absolute atomic E-state index is 0.0160. The van der Waals surface area contributed by atoms with Crippen molar-refractivity contribution in [3.8, 4) is 63.2 Å². The molecule has 0 aliphatic carbocycles. The Bertz CT molecular complexity index is 5380. The first kappa shape index (κ1) is 94.6. The predicted molar refractivity (Wildman–Crippen MR) is 463 cm³/mol. The number of esters is 2. The molecule has 14 rings (SSSR count). The van der Waals surface area contributed by atoms with Crippen molar-refractivity contribution in [1.29, 1.82) is 0 Å². The molecule has 646 valence electrons. The summed E-state index contributed by atoms with van der Waals surface area (Å²) in [6, 6.07) is 31.7. The predicted octanol–water partition coefficient (Wildman–Crippen LogP) is 14.9. The van der Waals surface area contributed by atoms with Crippen molar-refractivity contribution in [2.75, 3.05) is 55.2 Å². The van der Waals surface area contributed by atoms with E-state index in [-0.39, 0.29) is 131 Å². The Morgan fingerprint density at radius 2 is 0.721 bits per heavy atom. The van der Waals surface area contributed by atoms with E-state index in [2.05, 4.69) is 116 Å². The van der Waals surface area contributed by atoms with Gasteiger partial charge in [-0.3, -0.25) is 29.4 Å². The van der Waals surface area contributed by atoms with Crippen LogP contribution in [0.5, 0.6) is 63.2 Å². The van der Waals surface area contributed by atoms with E-state index < -0.39 is 32.9 Å². The molecule has 0 aromatic heterocycles. The number of aliphatic hydroxyl groups excluding tert-OH is 2. The molecule has 0 unspecified atom stereocenters. The second-order valence-electron chi connectivity index (χ2n) is 27.4. The van der Waals surface area contributed by atoms with Crippen LogP contribution in [0.25, 0.3) is 0 Å². The third-order valence-corrected chi connectivity index (χ3v) is 21.8. The normalized spacial score (nSPS) is 15.7.